The maximum absolute atomic E-state index is 12.3. The van der Waals surface area contributed by atoms with Crippen LogP contribution in [-0.2, 0) is 11.3 Å². The van der Waals surface area contributed by atoms with Crippen LogP contribution >= 0.6 is 12.4 Å². The Hall–Kier alpha value is -1.07. The molecular formula is C14H23ClN4O. The Balaban J connectivity index is 0.00000147. The van der Waals surface area contributed by atoms with Crippen LogP contribution in [-0.4, -0.2) is 27.8 Å². The minimum atomic E-state index is -0.0340. The van der Waals surface area contributed by atoms with Crippen LogP contribution in [0.15, 0.2) is 12.3 Å². The number of amides is 1. The van der Waals surface area contributed by atoms with Crippen LogP contribution in [0.4, 0.5) is 5.82 Å². The van der Waals surface area contributed by atoms with Gasteiger partial charge in [-0.2, -0.15) is 5.10 Å². The highest BCUT2D eigenvalue weighted by molar-refractivity contribution is 5.94. The molecule has 6 heteroatoms. The van der Waals surface area contributed by atoms with Gasteiger partial charge in [0, 0.05) is 18.7 Å². The molecule has 1 aliphatic carbocycles. The average Bonchev–Trinajstić information content (AvgIpc) is 3.03. The smallest absolute Gasteiger partial charge is 0.242 e. The molecule has 1 saturated carbocycles. The number of carbonyl (C=O) groups excluding carboxylic acids is 1. The number of carbonyl (C=O) groups is 1. The first-order valence-corrected chi connectivity index (χ1v) is 7.36. The van der Waals surface area contributed by atoms with E-state index in [9.17, 15) is 4.79 Å². The number of halogens is 1. The zero-order valence-electron chi connectivity index (χ0n) is 11.8. The number of aromatic nitrogens is 2. The van der Waals surface area contributed by atoms with Crippen LogP contribution in [0, 0.1) is 5.92 Å². The maximum Gasteiger partial charge on any atom is 0.242 e. The minimum absolute atomic E-state index is 0. The molecule has 112 valence electrons. The molecule has 3 atom stereocenters. The van der Waals surface area contributed by atoms with E-state index in [0.717, 1.165) is 18.8 Å². The summed E-state index contributed by atoms with van der Waals surface area (Å²) in [6.07, 6.45) is 7.82. The summed E-state index contributed by atoms with van der Waals surface area (Å²) in [4.78, 5) is 12.3. The van der Waals surface area contributed by atoms with Crippen LogP contribution in [0.2, 0.25) is 0 Å². The summed E-state index contributed by atoms with van der Waals surface area (Å²) in [5.74, 6) is 1.58. The highest BCUT2D eigenvalue weighted by Gasteiger charge is 2.38. The fourth-order valence-electron chi connectivity index (χ4n) is 3.43. The third kappa shape index (κ3) is 2.99. The molecule has 1 aliphatic heterocycles. The monoisotopic (exact) mass is 298 g/mol. The second-order valence-electron chi connectivity index (χ2n) is 5.63. The maximum atomic E-state index is 12.3. The minimum Gasteiger partial charge on any atom is -0.310 e. The lowest BCUT2D eigenvalue weighted by atomic mass is 9.85. The Labute approximate surface area is 125 Å². The number of nitrogens with one attached hydrogen (secondary N) is 2. The lowest BCUT2D eigenvalue weighted by Gasteiger charge is -2.24. The standard InChI is InChI=1S/C14H22N4O.ClH/c1-2-18-13(7-8-15-18)17-14(19)12-9-10-5-3-4-6-11(10)16-12;/h7-8,10-12,16H,2-6,9H2,1H3,(H,17,19);1H. The van der Waals surface area contributed by atoms with E-state index < -0.39 is 0 Å². The van der Waals surface area contributed by atoms with Gasteiger partial charge in [-0.1, -0.05) is 12.8 Å². The molecule has 0 bridgehead atoms. The third-order valence-electron chi connectivity index (χ3n) is 4.45. The summed E-state index contributed by atoms with van der Waals surface area (Å²) < 4.78 is 1.81. The Bertz CT molecular complexity index is 448. The number of fused-ring (bicyclic) bond motifs is 1. The highest BCUT2D eigenvalue weighted by atomic mass is 35.5. The predicted molar refractivity (Wildman–Crippen MR) is 81.1 cm³/mol. The second-order valence-corrected chi connectivity index (χ2v) is 5.63. The number of hydrogen-bond acceptors (Lipinski definition) is 3. The zero-order valence-corrected chi connectivity index (χ0v) is 12.7. The van der Waals surface area contributed by atoms with Gasteiger partial charge in [0.25, 0.3) is 0 Å². The van der Waals surface area contributed by atoms with Crippen molar-refractivity contribution in [3.63, 3.8) is 0 Å². The van der Waals surface area contributed by atoms with Crippen molar-refractivity contribution in [1.29, 1.82) is 0 Å². The van der Waals surface area contributed by atoms with Crippen LogP contribution in [0.5, 0.6) is 0 Å². The van der Waals surface area contributed by atoms with Gasteiger partial charge in [0.05, 0.1) is 12.2 Å². The van der Waals surface area contributed by atoms with E-state index >= 15 is 0 Å². The van der Waals surface area contributed by atoms with E-state index in [1.54, 1.807) is 10.9 Å². The molecule has 0 spiro atoms. The first-order chi connectivity index (χ1) is 9.28. The lowest BCUT2D eigenvalue weighted by molar-refractivity contribution is -0.117. The van der Waals surface area contributed by atoms with Crippen molar-refractivity contribution < 1.29 is 4.79 Å². The van der Waals surface area contributed by atoms with Gasteiger partial charge in [-0.3, -0.25) is 4.79 Å². The van der Waals surface area contributed by atoms with Crippen LogP contribution in [0.25, 0.3) is 0 Å². The van der Waals surface area contributed by atoms with Gasteiger partial charge in [-0.25, -0.2) is 4.68 Å². The molecule has 1 amide bonds. The fourth-order valence-corrected chi connectivity index (χ4v) is 3.43. The van der Waals surface area contributed by atoms with Crippen LogP contribution < -0.4 is 10.6 Å². The first kappa shape index (κ1) is 15.3. The molecule has 2 aliphatic rings. The van der Waals surface area contributed by atoms with Crippen LogP contribution in [0.1, 0.15) is 39.0 Å². The molecule has 2 N–H and O–H groups in total. The molecule has 5 nitrogen and oxygen atoms in total. The summed E-state index contributed by atoms with van der Waals surface area (Å²) in [6, 6.07) is 2.37. The number of aryl methyl sites for hydroxylation is 1. The van der Waals surface area contributed by atoms with E-state index in [0.29, 0.717) is 12.0 Å². The van der Waals surface area contributed by atoms with Gasteiger partial charge in [0.1, 0.15) is 5.82 Å². The molecule has 20 heavy (non-hydrogen) atoms. The summed E-state index contributed by atoms with van der Waals surface area (Å²) in [5.41, 5.74) is 0. The van der Waals surface area contributed by atoms with E-state index in [1.807, 2.05) is 13.0 Å². The Morgan fingerprint density at radius 2 is 2.30 bits per heavy atom. The van der Waals surface area contributed by atoms with Crippen molar-refractivity contribution >= 4 is 24.1 Å². The first-order valence-electron chi connectivity index (χ1n) is 7.36. The molecule has 2 fully saturated rings. The predicted octanol–water partition coefficient (Wildman–Crippen LogP) is 2.18. The van der Waals surface area contributed by atoms with Crippen molar-refractivity contribution in [2.45, 2.75) is 57.7 Å². The van der Waals surface area contributed by atoms with Crippen molar-refractivity contribution in [1.82, 2.24) is 15.1 Å². The second kappa shape index (κ2) is 6.59. The van der Waals surface area contributed by atoms with E-state index in [4.69, 9.17) is 0 Å². The van der Waals surface area contributed by atoms with Gasteiger partial charge in [-0.15, -0.1) is 12.4 Å². The number of hydrogen-bond donors (Lipinski definition) is 2. The summed E-state index contributed by atoms with van der Waals surface area (Å²) in [6.45, 7) is 2.79. The zero-order chi connectivity index (χ0) is 13.2. The van der Waals surface area contributed by atoms with Gasteiger partial charge < -0.3 is 10.6 Å². The molecule has 0 aromatic carbocycles. The summed E-state index contributed by atoms with van der Waals surface area (Å²) in [7, 11) is 0. The fraction of sp³-hybridized carbons (Fsp3) is 0.714. The molecule has 1 aromatic rings. The average molecular weight is 299 g/mol. The van der Waals surface area contributed by atoms with Crippen LogP contribution in [0.3, 0.4) is 0 Å². The highest BCUT2D eigenvalue weighted by Crippen LogP contribution is 2.33. The molecule has 1 aromatic heterocycles. The molecule has 3 rings (SSSR count). The van der Waals surface area contributed by atoms with E-state index in [2.05, 4.69) is 15.7 Å². The van der Waals surface area contributed by atoms with Crippen molar-refractivity contribution in [3.8, 4) is 0 Å². The number of rotatable bonds is 3. The van der Waals surface area contributed by atoms with Gasteiger partial charge >= 0.3 is 0 Å². The number of nitrogens with zero attached hydrogens (tertiary/aromatic N) is 2. The molecule has 1 saturated heterocycles. The molecule has 2 heterocycles. The van der Waals surface area contributed by atoms with Crippen molar-refractivity contribution in [2.24, 2.45) is 5.92 Å². The lowest BCUT2D eigenvalue weighted by Crippen LogP contribution is -2.40. The Morgan fingerprint density at radius 3 is 3.05 bits per heavy atom. The largest absolute Gasteiger partial charge is 0.310 e. The Kier molecular flexibility index (Phi) is 5.05. The van der Waals surface area contributed by atoms with Gasteiger partial charge in [0.2, 0.25) is 5.91 Å². The summed E-state index contributed by atoms with van der Waals surface area (Å²) in [5, 5.41) is 10.7. The normalized spacial score (nSPS) is 28.6. The quantitative estimate of drug-likeness (QED) is 0.899. The summed E-state index contributed by atoms with van der Waals surface area (Å²) >= 11 is 0. The number of anilines is 1. The van der Waals surface area contributed by atoms with Gasteiger partial charge in [-0.05, 0) is 32.1 Å². The van der Waals surface area contributed by atoms with Crippen molar-refractivity contribution in [3.05, 3.63) is 12.3 Å². The van der Waals surface area contributed by atoms with Gasteiger partial charge in [0.15, 0.2) is 0 Å². The SMILES string of the molecule is CCn1nccc1NC(=O)C1CC2CCCCC2N1.Cl. The topological polar surface area (TPSA) is 59.0 Å². The van der Waals surface area contributed by atoms with E-state index in [1.165, 1.54) is 25.7 Å². The molecule has 0 radical (unpaired) electrons. The Morgan fingerprint density at radius 1 is 1.50 bits per heavy atom. The van der Waals surface area contributed by atoms with E-state index in [-0.39, 0.29) is 24.4 Å². The molecular weight excluding hydrogens is 276 g/mol. The molecule has 3 unspecified atom stereocenters. The van der Waals surface area contributed by atoms with Crippen molar-refractivity contribution in [2.75, 3.05) is 5.32 Å². The third-order valence-corrected chi connectivity index (χ3v) is 4.45.